The SMILES string of the molecule is CC(C)N(C)P(OCCC#N)OCCCO. The molecule has 0 spiro atoms. The molecule has 0 radical (unpaired) electrons. The Morgan fingerprint density at radius 1 is 1.38 bits per heavy atom. The van der Waals surface area contributed by atoms with Crippen LogP contribution < -0.4 is 0 Å². The van der Waals surface area contributed by atoms with Gasteiger partial charge >= 0.3 is 0 Å². The molecule has 0 aromatic heterocycles. The predicted molar refractivity (Wildman–Crippen MR) is 63.7 cm³/mol. The van der Waals surface area contributed by atoms with Crippen LogP contribution in [0, 0.1) is 11.3 Å². The van der Waals surface area contributed by atoms with E-state index >= 15 is 0 Å². The van der Waals surface area contributed by atoms with E-state index in [1.54, 1.807) is 0 Å². The van der Waals surface area contributed by atoms with Gasteiger partial charge in [0.15, 0.2) is 0 Å². The molecular formula is C10H21N2O3P. The summed E-state index contributed by atoms with van der Waals surface area (Å²) in [6, 6.07) is 2.35. The quantitative estimate of drug-likeness (QED) is 0.498. The molecule has 0 aliphatic carbocycles. The molecule has 0 amide bonds. The average molecular weight is 248 g/mol. The molecule has 1 N–H and O–H groups in total. The maximum absolute atomic E-state index is 8.67. The third-order valence-corrected chi connectivity index (χ3v) is 3.71. The lowest BCUT2D eigenvalue weighted by Gasteiger charge is -2.28. The van der Waals surface area contributed by atoms with Crippen molar-refractivity contribution in [3.05, 3.63) is 0 Å². The van der Waals surface area contributed by atoms with E-state index in [-0.39, 0.29) is 6.61 Å². The van der Waals surface area contributed by atoms with Crippen LogP contribution in [-0.4, -0.2) is 42.7 Å². The fraction of sp³-hybridized carbons (Fsp3) is 0.900. The molecule has 0 aromatic carbocycles. The summed E-state index contributed by atoms with van der Waals surface area (Å²) in [6.45, 7) is 5.09. The monoisotopic (exact) mass is 248 g/mol. The zero-order chi connectivity index (χ0) is 12.4. The Kier molecular flexibility index (Phi) is 9.80. The molecule has 1 unspecified atom stereocenters. The molecule has 0 bridgehead atoms. The highest BCUT2D eigenvalue weighted by atomic mass is 31.2. The molecule has 16 heavy (non-hydrogen) atoms. The highest BCUT2D eigenvalue weighted by Crippen LogP contribution is 2.42. The van der Waals surface area contributed by atoms with Gasteiger partial charge in [0.1, 0.15) is 0 Å². The van der Waals surface area contributed by atoms with Crippen LogP contribution >= 0.6 is 8.53 Å². The molecule has 0 aliphatic rings. The number of hydrogen-bond acceptors (Lipinski definition) is 5. The zero-order valence-electron chi connectivity index (χ0n) is 10.2. The number of aliphatic hydroxyl groups is 1. The van der Waals surface area contributed by atoms with Gasteiger partial charge < -0.3 is 14.2 Å². The lowest BCUT2D eigenvalue weighted by Crippen LogP contribution is -2.23. The van der Waals surface area contributed by atoms with Gasteiger partial charge in [-0.15, -0.1) is 0 Å². The van der Waals surface area contributed by atoms with Gasteiger partial charge in [0.25, 0.3) is 8.53 Å². The van der Waals surface area contributed by atoms with E-state index in [9.17, 15) is 0 Å². The van der Waals surface area contributed by atoms with E-state index in [1.165, 1.54) is 0 Å². The summed E-state index contributed by atoms with van der Waals surface area (Å²) in [5.74, 6) is 0. The summed E-state index contributed by atoms with van der Waals surface area (Å²) < 4.78 is 13.1. The Labute approximate surface area is 98.9 Å². The van der Waals surface area contributed by atoms with Crippen LogP contribution in [0.15, 0.2) is 0 Å². The van der Waals surface area contributed by atoms with E-state index in [0.29, 0.717) is 32.1 Å². The Balaban J connectivity index is 4.00. The zero-order valence-corrected chi connectivity index (χ0v) is 11.1. The first kappa shape index (κ1) is 15.8. The molecule has 0 aromatic rings. The van der Waals surface area contributed by atoms with Crippen molar-refractivity contribution in [3.8, 4) is 6.07 Å². The molecule has 0 aliphatic heterocycles. The lowest BCUT2D eigenvalue weighted by atomic mass is 10.4. The molecule has 0 fully saturated rings. The van der Waals surface area contributed by atoms with Gasteiger partial charge in [-0.1, -0.05) is 0 Å². The summed E-state index contributed by atoms with van der Waals surface area (Å²) in [5, 5.41) is 17.1. The van der Waals surface area contributed by atoms with Crippen LogP contribution in [0.1, 0.15) is 26.7 Å². The Hall–Kier alpha value is -0.240. The lowest BCUT2D eigenvalue weighted by molar-refractivity contribution is 0.186. The topological polar surface area (TPSA) is 65.7 Å². The number of aliphatic hydroxyl groups excluding tert-OH is 1. The molecule has 0 rings (SSSR count). The van der Waals surface area contributed by atoms with Crippen molar-refractivity contribution in [1.82, 2.24) is 4.67 Å². The Bertz CT molecular complexity index is 209. The molecule has 1 atom stereocenters. The summed E-state index contributed by atoms with van der Waals surface area (Å²) in [4.78, 5) is 0. The third-order valence-electron chi connectivity index (χ3n) is 1.92. The summed E-state index contributed by atoms with van der Waals surface area (Å²) in [6.07, 6.45) is 0.973. The van der Waals surface area contributed by atoms with Gasteiger partial charge in [-0.25, -0.2) is 4.67 Å². The molecule has 0 heterocycles. The minimum atomic E-state index is -1.11. The summed E-state index contributed by atoms with van der Waals surface area (Å²) in [7, 11) is 0.819. The number of nitrogens with zero attached hydrogens (tertiary/aromatic N) is 2. The molecule has 0 saturated carbocycles. The van der Waals surface area contributed by atoms with E-state index in [1.807, 2.05) is 17.8 Å². The van der Waals surface area contributed by atoms with Crippen LogP contribution in [0.3, 0.4) is 0 Å². The number of hydrogen-bond donors (Lipinski definition) is 1. The van der Waals surface area contributed by atoms with E-state index in [4.69, 9.17) is 19.4 Å². The van der Waals surface area contributed by atoms with Gasteiger partial charge in [0, 0.05) is 12.6 Å². The van der Waals surface area contributed by atoms with Crippen molar-refractivity contribution in [1.29, 1.82) is 5.26 Å². The summed E-state index contributed by atoms with van der Waals surface area (Å²) >= 11 is 0. The molecule has 0 saturated heterocycles. The van der Waals surface area contributed by atoms with Gasteiger partial charge in [0.2, 0.25) is 0 Å². The smallest absolute Gasteiger partial charge is 0.258 e. The number of rotatable bonds is 9. The van der Waals surface area contributed by atoms with E-state index in [2.05, 4.69) is 13.8 Å². The Morgan fingerprint density at radius 3 is 2.50 bits per heavy atom. The van der Waals surface area contributed by atoms with Crippen molar-refractivity contribution < 1.29 is 14.2 Å². The van der Waals surface area contributed by atoms with Crippen molar-refractivity contribution in [2.45, 2.75) is 32.7 Å². The second kappa shape index (κ2) is 9.95. The van der Waals surface area contributed by atoms with E-state index in [0.717, 1.165) is 0 Å². The molecule has 6 heteroatoms. The summed E-state index contributed by atoms with van der Waals surface area (Å²) in [5.41, 5.74) is 0. The maximum atomic E-state index is 8.67. The van der Waals surface area contributed by atoms with Gasteiger partial charge in [0.05, 0.1) is 25.7 Å². The van der Waals surface area contributed by atoms with Gasteiger partial charge in [-0.3, -0.25) is 0 Å². The highest BCUT2D eigenvalue weighted by molar-refractivity contribution is 7.44. The maximum Gasteiger partial charge on any atom is 0.258 e. The minimum Gasteiger partial charge on any atom is -0.396 e. The van der Waals surface area contributed by atoms with Crippen molar-refractivity contribution in [2.24, 2.45) is 0 Å². The van der Waals surface area contributed by atoms with Crippen molar-refractivity contribution in [2.75, 3.05) is 26.9 Å². The molecular weight excluding hydrogens is 227 g/mol. The van der Waals surface area contributed by atoms with Crippen LogP contribution in [-0.2, 0) is 9.05 Å². The van der Waals surface area contributed by atoms with Crippen molar-refractivity contribution >= 4 is 8.53 Å². The van der Waals surface area contributed by atoms with Crippen LogP contribution in [0.25, 0.3) is 0 Å². The van der Waals surface area contributed by atoms with Gasteiger partial charge in [-0.05, 0) is 27.3 Å². The fourth-order valence-corrected chi connectivity index (χ4v) is 2.13. The minimum absolute atomic E-state index is 0.118. The molecule has 5 nitrogen and oxygen atoms in total. The average Bonchev–Trinajstić information content (AvgIpc) is 2.26. The first-order chi connectivity index (χ1) is 7.63. The standard InChI is InChI=1S/C10H21N2O3P/c1-10(2)12(3)16(14-8-4-6-11)15-9-5-7-13/h10,13H,4-5,7-9H2,1-3H3. The van der Waals surface area contributed by atoms with Crippen molar-refractivity contribution in [3.63, 3.8) is 0 Å². The fourth-order valence-electron chi connectivity index (χ4n) is 0.785. The Morgan fingerprint density at radius 2 is 2.00 bits per heavy atom. The normalized spacial score (nSPS) is 13.1. The van der Waals surface area contributed by atoms with Crippen LogP contribution in [0.5, 0.6) is 0 Å². The predicted octanol–water partition coefficient (Wildman–Crippen LogP) is 1.88. The second-order valence-corrected chi connectivity index (χ2v) is 5.18. The number of nitriles is 1. The molecule has 94 valence electrons. The van der Waals surface area contributed by atoms with Crippen LogP contribution in [0.2, 0.25) is 0 Å². The highest BCUT2D eigenvalue weighted by Gasteiger charge is 2.19. The van der Waals surface area contributed by atoms with Gasteiger partial charge in [-0.2, -0.15) is 5.26 Å². The third kappa shape index (κ3) is 7.10. The second-order valence-electron chi connectivity index (χ2n) is 3.56. The largest absolute Gasteiger partial charge is 0.396 e. The van der Waals surface area contributed by atoms with E-state index < -0.39 is 8.53 Å². The first-order valence-corrected chi connectivity index (χ1v) is 6.53. The first-order valence-electron chi connectivity index (χ1n) is 5.40. The van der Waals surface area contributed by atoms with Crippen LogP contribution in [0.4, 0.5) is 0 Å².